The van der Waals surface area contributed by atoms with Crippen LogP contribution in [0.4, 0.5) is 0 Å². The highest BCUT2D eigenvalue weighted by Gasteiger charge is 2.21. The van der Waals surface area contributed by atoms with Crippen molar-refractivity contribution >= 4 is 45.2 Å². The van der Waals surface area contributed by atoms with E-state index in [2.05, 4.69) is 18.2 Å². The van der Waals surface area contributed by atoms with Crippen LogP contribution in [0.25, 0.3) is 16.3 Å². The average molecular weight is 444 g/mol. The number of carbonyl (C=O) groups is 1. The molecule has 1 aromatic heterocycles. The summed E-state index contributed by atoms with van der Waals surface area (Å²) in [5.74, 6) is 1.76. The van der Waals surface area contributed by atoms with Gasteiger partial charge in [0.1, 0.15) is 5.75 Å². The SMILES string of the molecule is COc1ccc(/C=C2/CCc3ccccc3C2=O)cc1CSc1nc2ccccc2s1. The lowest BCUT2D eigenvalue weighted by molar-refractivity contribution is 0.102. The van der Waals surface area contributed by atoms with Crippen LogP contribution in [-0.2, 0) is 12.2 Å². The summed E-state index contributed by atoms with van der Waals surface area (Å²) >= 11 is 3.43. The third kappa shape index (κ3) is 4.16. The zero-order valence-corrected chi connectivity index (χ0v) is 18.8. The van der Waals surface area contributed by atoms with E-state index >= 15 is 0 Å². The number of allylic oxidation sites excluding steroid dienone is 1. The van der Waals surface area contributed by atoms with Crippen molar-refractivity contribution in [3.63, 3.8) is 0 Å². The van der Waals surface area contributed by atoms with E-state index in [1.54, 1.807) is 30.2 Å². The van der Waals surface area contributed by atoms with Crippen molar-refractivity contribution in [2.24, 2.45) is 0 Å². The van der Waals surface area contributed by atoms with Gasteiger partial charge in [0.25, 0.3) is 0 Å². The Labute approximate surface area is 189 Å². The maximum Gasteiger partial charge on any atom is 0.189 e. The number of aromatic nitrogens is 1. The fraction of sp³-hybridized carbons (Fsp3) is 0.154. The number of hydrogen-bond donors (Lipinski definition) is 0. The Bertz CT molecular complexity index is 1270. The number of Topliss-reactive ketones (excluding diaryl/α,β-unsaturated/α-hetero) is 1. The number of carbonyl (C=O) groups excluding carboxylic acids is 1. The van der Waals surface area contributed by atoms with Crippen molar-refractivity contribution in [2.45, 2.75) is 22.9 Å². The van der Waals surface area contributed by atoms with Gasteiger partial charge in [-0.3, -0.25) is 4.79 Å². The lowest BCUT2D eigenvalue weighted by Crippen LogP contribution is -2.13. The van der Waals surface area contributed by atoms with E-state index in [1.165, 1.54) is 4.70 Å². The van der Waals surface area contributed by atoms with Crippen LogP contribution in [0.15, 0.2) is 76.6 Å². The van der Waals surface area contributed by atoms with Crippen molar-refractivity contribution in [1.29, 1.82) is 0 Å². The molecule has 3 aromatic carbocycles. The summed E-state index contributed by atoms with van der Waals surface area (Å²) in [6.45, 7) is 0. The predicted octanol–water partition coefficient (Wildman–Crippen LogP) is 6.81. The molecule has 1 heterocycles. The number of thiazole rings is 1. The van der Waals surface area contributed by atoms with Gasteiger partial charge in [-0.05, 0) is 54.3 Å². The first-order chi connectivity index (χ1) is 15.2. The normalized spacial score (nSPS) is 14.7. The first-order valence-corrected chi connectivity index (χ1v) is 12.0. The molecule has 0 aliphatic heterocycles. The van der Waals surface area contributed by atoms with E-state index in [0.29, 0.717) is 0 Å². The molecule has 0 unspecified atom stereocenters. The third-order valence-electron chi connectivity index (χ3n) is 5.49. The minimum atomic E-state index is 0.142. The third-order valence-corrected chi connectivity index (χ3v) is 7.72. The molecule has 3 nitrogen and oxygen atoms in total. The zero-order chi connectivity index (χ0) is 21.2. The van der Waals surface area contributed by atoms with Gasteiger partial charge < -0.3 is 4.74 Å². The van der Waals surface area contributed by atoms with Gasteiger partial charge in [0.2, 0.25) is 0 Å². The molecule has 0 bridgehead atoms. The van der Waals surface area contributed by atoms with E-state index in [0.717, 1.165) is 62.0 Å². The van der Waals surface area contributed by atoms with Crippen LogP contribution < -0.4 is 4.74 Å². The number of thioether (sulfide) groups is 1. The number of nitrogens with zero attached hydrogens (tertiary/aromatic N) is 1. The van der Waals surface area contributed by atoms with Gasteiger partial charge in [0.05, 0.1) is 17.3 Å². The van der Waals surface area contributed by atoms with Gasteiger partial charge in [-0.1, -0.05) is 54.2 Å². The molecule has 5 rings (SSSR count). The molecule has 5 heteroatoms. The molecular formula is C26H21NO2S2. The lowest BCUT2D eigenvalue weighted by Gasteiger charge is -2.17. The molecule has 4 aromatic rings. The summed E-state index contributed by atoms with van der Waals surface area (Å²) < 4.78 is 7.84. The van der Waals surface area contributed by atoms with E-state index in [9.17, 15) is 4.79 Å². The number of ketones is 1. The van der Waals surface area contributed by atoms with Gasteiger partial charge in [-0.25, -0.2) is 4.98 Å². The Hall–Kier alpha value is -2.89. The number of hydrogen-bond acceptors (Lipinski definition) is 5. The first kappa shape index (κ1) is 20.0. The summed E-state index contributed by atoms with van der Waals surface area (Å²) in [5.41, 5.74) is 6.02. The number of fused-ring (bicyclic) bond motifs is 2. The van der Waals surface area contributed by atoms with Crippen LogP contribution in [0.2, 0.25) is 0 Å². The highest BCUT2D eigenvalue weighted by molar-refractivity contribution is 8.00. The fourth-order valence-corrected chi connectivity index (χ4v) is 5.95. The van der Waals surface area contributed by atoms with E-state index in [-0.39, 0.29) is 5.78 Å². The summed E-state index contributed by atoms with van der Waals surface area (Å²) in [5, 5.41) is 0. The Balaban J connectivity index is 1.39. The Morgan fingerprint density at radius 3 is 2.77 bits per heavy atom. The quantitative estimate of drug-likeness (QED) is 0.251. The fourth-order valence-electron chi connectivity index (χ4n) is 3.91. The minimum absolute atomic E-state index is 0.142. The maximum atomic E-state index is 12.9. The van der Waals surface area contributed by atoms with Gasteiger partial charge in [-0.15, -0.1) is 11.3 Å². The van der Waals surface area contributed by atoms with Crippen molar-refractivity contribution in [3.8, 4) is 5.75 Å². The number of aryl methyl sites for hydroxylation is 1. The van der Waals surface area contributed by atoms with Gasteiger partial charge in [0.15, 0.2) is 10.1 Å². The van der Waals surface area contributed by atoms with Crippen LogP contribution in [-0.4, -0.2) is 17.9 Å². The number of rotatable bonds is 5. The van der Waals surface area contributed by atoms with Gasteiger partial charge in [-0.2, -0.15) is 0 Å². The van der Waals surface area contributed by atoms with E-state index < -0.39 is 0 Å². The second-order valence-electron chi connectivity index (χ2n) is 7.46. The molecular weight excluding hydrogens is 422 g/mol. The molecule has 1 aliphatic rings. The summed E-state index contributed by atoms with van der Waals surface area (Å²) in [6, 6.07) is 22.2. The van der Waals surface area contributed by atoms with Gasteiger partial charge in [0, 0.05) is 22.5 Å². The first-order valence-electron chi connectivity index (χ1n) is 10.2. The number of ether oxygens (including phenoxy) is 1. The average Bonchev–Trinajstić information content (AvgIpc) is 3.23. The standard InChI is InChI=1S/C26H21NO2S2/c1-29-23-13-10-17(14-19-12-11-18-6-2-3-7-21(18)25(19)28)15-20(23)16-30-26-27-22-8-4-5-9-24(22)31-26/h2-10,13-15H,11-12,16H2,1H3/b19-14-. The largest absolute Gasteiger partial charge is 0.496 e. The van der Waals surface area contributed by atoms with E-state index in [4.69, 9.17) is 9.72 Å². The van der Waals surface area contributed by atoms with Gasteiger partial charge >= 0.3 is 0 Å². The van der Waals surface area contributed by atoms with Crippen molar-refractivity contribution in [1.82, 2.24) is 4.98 Å². The Kier molecular flexibility index (Phi) is 5.62. The van der Waals surface area contributed by atoms with Crippen molar-refractivity contribution < 1.29 is 9.53 Å². The summed E-state index contributed by atoms with van der Waals surface area (Å²) in [7, 11) is 1.70. The molecule has 0 saturated carbocycles. The predicted molar refractivity (Wildman–Crippen MR) is 129 cm³/mol. The van der Waals surface area contributed by atoms with Crippen LogP contribution in [0.5, 0.6) is 5.75 Å². The van der Waals surface area contributed by atoms with E-state index in [1.807, 2.05) is 54.6 Å². The highest BCUT2D eigenvalue weighted by Crippen LogP contribution is 2.34. The number of methoxy groups -OCH3 is 1. The minimum Gasteiger partial charge on any atom is -0.496 e. The van der Waals surface area contributed by atoms with Crippen LogP contribution in [0, 0.1) is 0 Å². The number of para-hydroxylation sites is 1. The van der Waals surface area contributed by atoms with Crippen LogP contribution in [0.3, 0.4) is 0 Å². The molecule has 154 valence electrons. The Morgan fingerprint density at radius 2 is 1.90 bits per heavy atom. The number of benzene rings is 3. The Morgan fingerprint density at radius 1 is 1.06 bits per heavy atom. The maximum absolute atomic E-state index is 12.9. The molecule has 0 fully saturated rings. The molecule has 0 radical (unpaired) electrons. The highest BCUT2D eigenvalue weighted by atomic mass is 32.2. The lowest BCUT2D eigenvalue weighted by atomic mass is 9.86. The summed E-state index contributed by atoms with van der Waals surface area (Å²) in [4.78, 5) is 17.6. The summed E-state index contributed by atoms with van der Waals surface area (Å²) in [6.07, 6.45) is 3.71. The van der Waals surface area contributed by atoms with Crippen LogP contribution in [0.1, 0.15) is 33.5 Å². The molecule has 1 aliphatic carbocycles. The molecule has 0 atom stereocenters. The molecule has 0 amide bonds. The second kappa shape index (κ2) is 8.69. The van der Waals surface area contributed by atoms with Crippen LogP contribution >= 0.6 is 23.1 Å². The van der Waals surface area contributed by atoms with Crippen molar-refractivity contribution in [2.75, 3.05) is 7.11 Å². The second-order valence-corrected chi connectivity index (χ2v) is 9.72. The molecule has 0 N–H and O–H groups in total. The topological polar surface area (TPSA) is 39.2 Å². The molecule has 31 heavy (non-hydrogen) atoms. The smallest absolute Gasteiger partial charge is 0.189 e. The van der Waals surface area contributed by atoms with Crippen molar-refractivity contribution in [3.05, 3.63) is 94.6 Å². The zero-order valence-electron chi connectivity index (χ0n) is 17.1. The molecule has 0 spiro atoms. The molecule has 0 saturated heterocycles. The monoisotopic (exact) mass is 443 g/mol.